The third-order valence-corrected chi connectivity index (χ3v) is 3.71. The highest BCUT2D eigenvalue weighted by molar-refractivity contribution is 7.09. The molecule has 2 unspecified atom stereocenters. The lowest BCUT2D eigenvalue weighted by molar-refractivity contribution is 0.255. The molecule has 2 rings (SSSR count). The third-order valence-electron chi connectivity index (χ3n) is 2.95. The second-order valence-corrected chi connectivity index (χ2v) is 5.02. The molecule has 0 amide bonds. The Hall–Kier alpha value is -0.160. The number of hydrogen-bond donors (Lipinski definition) is 1. The summed E-state index contributed by atoms with van der Waals surface area (Å²) < 4.78 is 0. The van der Waals surface area contributed by atoms with Crippen LogP contribution < -0.4 is 5.73 Å². The van der Waals surface area contributed by atoms with Crippen LogP contribution >= 0.6 is 23.7 Å². The van der Waals surface area contributed by atoms with E-state index >= 15 is 0 Å². The number of hydrogen-bond acceptors (Lipinski definition) is 4. The van der Waals surface area contributed by atoms with Gasteiger partial charge >= 0.3 is 0 Å². The van der Waals surface area contributed by atoms with Crippen molar-refractivity contribution in [2.75, 3.05) is 13.1 Å². The Morgan fingerprint density at radius 2 is 2.47 bits per heavy atom. The largest absolute Gasteiger partial charge is 0.330 e. The first-order valence-electron chi connectivity index (χ1n) is 5.12. The lowest BCUT2D eigenvalue weighted by Crippen LogP contribution is -2.27. The molecule has 86 valence electrons. The highest BCUT2D eigenvalue weighted by Gasteiger charge is 2.28. The molecule has 0 aliphatic carbocycles. The number of nitrogens with two attached hydrogens (primary N) is 1. The molecule has 15 heavy (non-hydrogen) atoms. The monoisotopic (exact) mass is 247 g/mol. The molecule has 0 bridgehead atoms. The van der Waals surface area contributed by atoms with Crippen molar-refractivity contribution in [3.05, 3.63) is 16.6 Å². The van der Waals surface area contributed by atoms with Crippen LogP contribution in [0, 0.1) is 5.92 Å². The molecule has 1 aliphatic heterocycles. The summed E-state index contributed by atoms with van der Waals surface area (Å²) >= 11 is 1.74. The highest BCUT2D eigenvalue weighted by Crippen LogP contribution is 2.24. The zero-order chi connectivity index (χ0) is 9.97. The zero-order valence-corrected chi connectivity index (χ0v) is 10.6. The average molecular weight is 248 g/mol. The number of halogens is 1. The van der Waals surface area contributed by atoms with Gasteiger partial charge in [-0.25, -0.2) is 4.98 Å². The summed E-state index contributed by atoms with van der Waals surface area (Å²) in [5.74, 6) is 0.685. The molecule has 0 radical (unpaired) electrons. The Labute approximate surface area is 101 Å². The second kappa shape index (κ2) is 5.80. The van der Waals surface area contributed by atoms with Gasteiger partial charge in [-0.2, -0.15) is 0 Å². The van der Waals surface area contributed by atoms with Gasteiger partial charge in [-0.15, -0.1) is 23.7 Å². The summed E-state index contributed by atoms with van der Waals surface area (Å²) in [5.41, 5.74) is 5.69. The molecule has 5 heteroatoms. The molecule has 1 saturated heterocycles. The number of likely N-dealkylation sites (tertiary alicyclic amines) is 1. The van der Waals surface area contributed by atoms with Gasteiger partial charge in [0.15, 0.2) is 0 Å². The summed E-state index contributed by atoms with van der Waals surface area (Å²) in [5, 5.41) is 3.26. The zero-order valence-electron chi connectivity index (χ0n) is 8.93. The van der Waals surface area contributed by atoms with Crippen LogP contribution in [0.3, 0.4) is 0 Å². The van der Waals surface area contributed by atoms with E-state index in [1.165, 1.54) is 11.4 Å². The van der Waals surface area contributed by atoms with Crippen LogP contribution in [0.5, 0.6) is 0 Å². The van der Waals surface area contributed by atoms with E-state index in [2.05, 4.69) is 16.8 Å². The fraction of sp³-hybridized carbons (Fsp3) is 0.700. The van der Waals surface area contributed by atoms with Crippen molar-refractivity contribution in [1.29, 1.82) is 0 Å². The fourth-order valence-corrected chi connectivity index (χ4v) is 2.75. The van der Waals surface area contributed by atoms with Crippen LogP contribution in [-0.4, -0.2) is 29.0 Å². The molecule has 3 nitrogen and oxygen atoms in total. The molecular weight excluding hydrogens is 230 g/mol. The molecule has 0 spiro atoms. The maximum atomic E-state index is 5.69. The Morgan fingerprint density at radius 1 is 1.67 bits per heavy atom. The summed E-state index contributed by atoms with van der Waals surface area (Å²) in [6.45, 7) is 5.23. The van der Waals surface area contributed by atoms with E-state index in [0.717, 1.165) is 19.6 Å². The van der Waals surface area contributed by atoms with E-state index in [1.807, 2.05) is 11.6 Å². The van der Waals surface area contributed by atoms with Crippen molar-refractivity contribution in [2.24, 2.45) is 11.7 Å². The number of aromatic nitrogens is 1. The van der Waals surface area contributed by atoms with Crippen LogP contribution in [0.1, 0.15) is 18.4 Å². The molecule has 2 atom stereocenters. The SMILES string of the molecule is CC1CC(CN)CN1Cc1nccs1.Cl. The molecule has 0 aromatic carbocycles. The third kappa shape index (κ3) is 3.14. The maximum absolute atomic E-state index is 5.69. The van der Waals surface area contributed by atoms with Crippen molar-refractivity contribution in [3.63, 3.8) is 0 Å². The standard InChI is InChI=1S/C10H17N3S.ClH/c1-8-4-9(5-11)6-13(8)7-10-12-2-3-14-10;/h2-3,8-9H,4-7,11H2,1H3;1H. The summed E-state index contributed by atoms with van der Waals surface area (Å²) in [4.78, 5) is 6.79. The minimum atomic E-state index is 0. The van der Waals surface area contributed by atoms with E-state index in [9.17, 15) is 0 Å². The van der Waals surface area contributed by atoms with Crippen LogP contribution in [0.4, 0.5) is 0 Å². The summed E-state index contributed by atoms with van der Waals surface area (Å²) in [6.07, 6.45) is 3.11. The average Bonchev–Trinajstić information content (AvgIpc) is 2.78. The number of nitrogens with zero attached hydrogens (tertiary/aromatic N) is 2. The first-order chi connectivity index (χ1) is 6.79. The van der Waals surface area contributed by atoms with Crippen LogP contribution in [0.15, 0.2) is 11.6 Å². The number of rotatable bonds is 3. The van der Waals surface area contributed by atoms with Gasteiger partial charge in [0.25, 0.3) is 0 Å². The van der Waals surface area contributed by atoms with Gasteiger partial charge < -0.3 is 5.73 Å². The van der Waals surface area contributed by atoms with Gasteiger partial charge in [-0.1, -0.05) is 0 Å². The first-order valence-corrected chi connectivity index (χ1v) is 6.00. The molecule has 2 heterocycles. The first kappa shape index (κ1) is 12.9. The Morgan fingerprint density at radius 3 is 3.00 bits per heavy atom. The Balaban J connectivity index is 0.00000112. The molecule has 0 saturated carbocycles. The summed E-state index contributed by atoms with van der Waals surface area (Å²) in [6, 6.07) is 0.660. The van der Waals surface area contributed by atoms with Crippen LogP contribution in [0.2, 0.25) is 0 Å². The van der Waals surface area contributed by atoms with Crippen molar-refractivity contribution in [3.8, 4) is 0 Å². The van der Waals surface area contributed by atoms with Gasteiger partial charge in [-0.3, -0.25) is 4.90 Å². The van der Waals surface area contributed by atoms with Crippen molar-refractivity contribution in [2.45, 2.75) is 25.9 Å². The molecule has 1 aromatic rings. The van der Waals surface area contributed by atoms with Crippen LogP contribution in [-0.2, 0) is 6.54 Å². The minimum absolute atomic E-state index is 0. The molecule has 1 fully saturated rings. The van der Waals surface area contributed by atoms with Crippen molar-refractivity contribution < 1.29 is 0 Å². The van der Waals surface area contributed by atoms with Gasteiger partial charge in [0.1, 0.15) is 5.01 Å². The van der Waals surface area contributed by atoms with Gasteiger partial charge in [0.2, 0.25) is 0 Å². The lowest BCUT2D eigenvalue weighted by Gasteiger charge is -2.19. The second-order valence-electron chi connectivity index (χ2n) is 4.04. The topological polar surface area (TPSA) is 42.1 Å². The van der Waals surface area contributed by atoms with Gasteiger partial charge in [-0.05, 0) is 25.8 Å². The Bertz CT molecular complexity index is 278. The van der Waals surface area contributed by atoms with E-state index in [1.54, 1.807) is 11.3 Å². The fourth-order valence-electron chi connectivity index (χ4n) is 2.11. The van der Waals surface area contributed by atoms with Gasteiger partial charge in [0.05, 0.1) is 6.54 Å². The quantitative estimate of drug-likeness (QED) is 0.885. The van der Waals surface area contributed by atoms with Crippen molar-refractivity contribution >= 4 is 23.7 Å². The molecule has 2 N–H and O–H groups in total. The van der Waals surface area contributed by atoms with E-state index in [4.69, 9.17) is 5.73 Å². The van der Waals surface area contributed by atoms with E-state index in [-0.39, 0.29) is 12.4 Å². The maximum Gasteiger partial charge on any atom is 0.107 e. The normalized spacial score (nSPS) is 26.5. The predicted octanol–water partition coefficient (Wildman–Crippen LogP) is 1.73. The van der Waals surface area contributed by atoms with Crippen molar-refractivity contribution in [1.82, 2.24) is 9.88 Å². The molecule has 1 aromatic heterocycles. The van der Waals surface area contributed by atoms with Crippen LogP contribution in [0.25, 0.3) is 0 Å². The smallest absolute Gasteiger partial charge is 0.107 e. The predicted molar refractivity (Wildman–Crippen MR) is 66.4 cm³/mol. The lowest BCUT2D eigenvalue weighted by atomic mass is 10.1. The van der Waals surface area contributed by atoms with E-state index < -0.39 is 0 Å². The summed E-state index contributed by atoms with van der Waals surface area (Å²) in [7, 11) is 0. The van der Waals surface area contributed by atoms with E-state index in [0.29, 0.717) is 12.0 Å². The molecule has 1 aliphatic rings. The number of thiazole rings is 1. The Kier molecular flexibility index (Phi) is 4.99. The minimum Gasteiger partial charge on any atom is -0.330 e. The van der Waals surface area contributed by atoms with Gasteiger partial charge in [0, 0.05) is 24.2 Å². The highest BCUT2D eigenvalue weighted by atomic mass is 35.5. The molecular formula is C10H18ClN3S.